The van der Waals surface area contributed by atoms with Gasteiger partial charge in [0.2, 0.25) is 5.91 Å². The Hall–Kier alpha value is -2.51. The number of rotatable bonds is 3. The molecule has 2 rings (SSSR count). The summed E-state index contributed by atoms with van der Waals surface area (Å²) in [5.74, 6) is -0.708. The first kappa shape index (κ1) is 16.9. The van der Waals surface area contributed by atoms with Gasteiger partial charge in [0.1, 0.15) is 0 Å². The third-order valence-corrected chi connectivity index (χ3v) is 3.79. The van der Waals surface area contributed by atoms with E-state index in [0.717, 1.165) is 10.4 Å². The highest BCUT2D eigenvalue weighted by Crippen LogP contribution is 2.09. The summed E-state index contributed by atoms with van der Waals surface area (Å²) in [7, 11) is 0. The van der Waals surface area contributed by atoms with Crippen molar-refractivity contribution in [3.63, 3.8) is 0 Å². The molecule has 118 valence electrons. The molecular formula is C16H15N3O2S2. The minimum Gasteiger partial charge on any atom is -0.298 e. The zero-order chi connectivity index (χ0) is 16.7. The first-order valence-electron chi connectivity index (χ1n) is 6.74. The zero-order valence-corrected chi connectivity index (χ0v) is 14.0. The Kier molecular flexibility index (Phi) is 6.02. The second-order valence-corrected chi connectivity index (χ2v) is 6.00. The van der Waals surface area contributed by atoms with E-state index in [4.69, 9.17) is 12.2 Å². The van der Waals surface area contributed by atoms with Gasteiger partial charge in [-0.15, -0.1) is 11.3 Å². The Labute approximate surface area is 143 Å². The molecule has 0 unspecified atom stereocenters. The summed E-state index contributed by atoms with van der Waals surface area (Å²) < 4.78 is 0. The van der Waals surface area contributed by atoms with Crippen LogP contribution in [0.25, 0.3) is 6.08 Å². The maximum Gasteiger partial charge on any atom is 0.269 e. The van der Waals surface area contributed by atoms with Crippen LogP contribution in [0.2, 0.25) is 0 Å². The van der Waals surface area contributed by atoms with E-state index in [9.17, 15) is 9.59 Å². The van der Waals surface area contributed by atoms with E-state index < -0.39 is 0 Å². The van der Waals surface area contributed by atoms with Gasteiger partial charge in [-0.1, -0.05) is 23.8 Å². The number of aryl methyl sites for hydroxylation is 1. The fourth-order valence-corrected chi connectivity index (χ4v) is 2.47. The predicted molar refractivity (Wildman–Crippen MR) is 95.9 cm³/mol. The number of thiophene rings is 1. The molecule has 0 fully saturated rings. The van der Waals surface area contributed by atoms with E-state index in [-0.39, 0.29) is 16.9 Å². The number of thiocarbonyl (C=S) groups is 1. The highest BCUT2D eigenvalue weighted by Gasteiger charge is 2.06. The van der Waals surface area contributed by atoms with Crippen LogP contribution in [0, 0.1) is 6.92 Å². The van der Waals surface area contributed by atoms with Crippen LogP contribution in [0.15, 0.2) is 47.9 Å². The molecule has 2 aromatic rings. The normalized spacial score (nSPS) is 10.3. The maximum absolute atomic E-state index is 11.9. The van der Waals surface area contributed by atoms with Crippen molar-refractivity contribution in [1.29, 1.82) is 0 Å². The number of benzene rings is 1. The van der Waals surface area contributed by atoms with E-state index in [0.29, 0.717) is 5.56 Å². The highest BCUT2D eigenvalue weighted by molar-refractivity contribution is 7.80. The van der Waals surface area contributed by atoms with E-state index >= 15 is 0 Å². The molecule has 7 heteroatoms. The van der Waals surface area contributed by atoms with Crippen molar-refractivity contribution in [2.75, 3.05) is 0 Å². The second kappa shape index (κ2) is 8.21. The molecule has 0 atom stereocenters. The van der Waals surface area contributed by atoms with Crippen LogP contribution in [0.3, 0.4) is 0 Å². The van der Waals surface area contributed by atoms with Gasteiger partial charge in [0.05, 0.1) is 0 Å². The van der Waals surface area contributed by atoms with Gasteiger partial charge in [-0.3, -0.25) is 25.8 Å². The molecule has 0 radical (unpaired) electrons. The summed E-state index contributed by atoms with van der Waals surface area (Å²) in [5.41, 5.74) is 6.41. The lowest BCUT2D eigenvalue weighted by molar-refractivity contribution is -0.115. The SMILES string of the molecule is Cc1cccc(C(=O)NNC(=S)NC(=O)C=Cc2cccs2)c1. The molecule has 0 aliphatic carbocycles. The van der Waals surface area contributed by atoms with Crippen molar-refractivity contribution in [2.24, 2.45) is 0 Å². The van der Waals surface area contributed by atoms with Crippen LogP contribution in [0.1, 0.15) is 20.8 Å². The third kappa shape index (κ3) is 5.65. The fourth-order valence-electron chi connectivity index (χ4n) is 1.70. The lowest BCUT2D eigenvalue weighted by Gasteiger charge is -2.09. The fraction of sp³-hybridized carbons (Fsp3) is 0.0625. The van der Waals surface area contributed by atoms with Gasteiger partial charge >= 0.3 is 0 Å². The molecule has 0 saturated heterocycles. The Balaban J connectivity index is 1.78. The van der Waals surface area contributed by atoms with Gasteiger partial charge in [0.25, 0.3) is 5.91 Å². The average Bonchev–Trinajstić information content (AvgIpc) is 3.04. The monoisotopic (exact) mass is 345 g/mol. The topological polar surface area (TPSA) is 70.2 Å². The lowest BCUT2D eigenvalue weighted by Crippen LogP contribution is -2.48. The summed E-state index contributed by atoms with van der Waals surface area (Å²) in [6.07, 6.45) is 3.07. The summed E-state index contributed by atoms with van der Waals surface area (Å²) >= 11 is 6.47. The molecular weight excluding hydrogens is 330 g/mol. The molecule has 1 aromatic carbocycles. The van der Waals surface area contributed by atoms with E-state index in [1.165, 1.54) is 17.4 Å². The number of hydrogen-bond donors (Lipinski definition) is 3. The van der Waals surface area contributed by atoms with Crippen molar-refractivity contribution in [3.05, 3.63) is 63.9 Å². The molecule has 2 amide bonds. The van der Waals surface area contributed by atoms with E-state index in [1.54, 1.807) is 24.3 Å². The average molecular weight is 345 g/mol. The Bertz CT molecular complexity index is 740. The summed E-state index contributed by atoms with van der Waals surface area (Å²) in [6, 6.07) is 10.9. The molecule has 0 aliphatic rings. The molecule has 0 bridgehead atoms. The maximum atomic E-state index is 11.9. The van der Waals surface area contributed by atoms with Crippen LogP contribution in [-0.2, 0) is 4.79 Å². The minimum absolute atomic E-state index is 0.0202. The standard InChI is InChI=1S/C16H15N3O2S2/c1-11-4-2-5-12(10-11)15(21)18-19-16(22)17-14(20)8-7-13-6-3-9-23-13/h2-10H,1H3,(H,18,21)(H2,17,19,20,22). The number of nitrogens with one attached hydrogen (secondary N) is 3. The molecule has 5 nitrogen and oxygen atoms in total. The number of amides is 2. The van der Waals surface area contributed by atoms with Crippen molar-refractivity contribution < 1.29 is 9.59 Å². The highest BCUT2D eigenvalue weighted by atomic mass is 32.1. The van der Waals surface area contributed by atoms with Gasteiger partial charge < -0.3 is 0 Å². The Morgan fingerprint density at radius 1 is 1.17 bits per heavy atom. The van der Waals surface area contributed by atoms with Crippen molar-refractivity contribution in [3.8, 4) is 0 Å². The van der Waals surface area contributed by atoms with Crippen molar-refractivity contribution >= 4 is 46.6 Å². The number of hydrogen-bond acceptors (Lipinski definition) is 4. The largest absolute Gasteiger partial charge is 0.298 e. The molecule has 0 spiro atoms. The second-order valence-electron chi connectivity index (χ2n) is 4.62. The van der Waals surface area contributed by atoms with Gasteiger partial charge in [0, 0.05) is 16.5 Å². The van der Waals surface area contributed by atoms with Gasteiger partial charge in [-0.05, 0) is 48.8 Å². The van der Waals surface area contributed by atoms with Crippen molar-refractivity contribution in [2.45, 2.75) is 6.92 Å². The van der Waals surface area contributed by atoms with Crippen LogP contribution in [0.4, 0.5) is 0 Å². The molecule has 1 heterocycles. The minimum atomic E-state index is -0.374. The first-order valence-corrected chi connectivity index (χ1v) is 8.03. The molecule has 23 heavy (non-hydrogen) atoms. The van der Waals surface area contributed by atoms with Crippen LogP contribution in [-0.4, -0.2) is 16.9 Å². The van der Waals surface area contributed by atoms with E-state index in [2.05, 4.69) is 16.2 Å². The first-order chi connectivity index (χ1) is 11.0. The van der Waals surface area contributed by atoms with Gasteiger partial charge in [-0.25, -0.2) is 0 Å². The summed E-state index contributed by atoms with van der Waals surface area (Å²) in [4.78, 5) is 24.5. The lowest BCUT2D eigenvalue weighted by atomic mass is 10.1. The summed E-state index contributed by atoms with van der Waals surface area (Å²) in [6.45, 7) is 1.90. The molecule has 3 N–H and O–H groups in total. The van der Waals surface area contributed by atoms with Gasteiger partial charge in [0.15, 0.2) is 5.11 Å². The van der Waals surface area contributed by atoms with Crippen molar-refractivity contribution in [1.82, 2.24) is 16.2 Å². The Morgan fingerprint density at radius 3 is 2.70 bits per heavy atom. The quantitative estimate of drug-likeness (QED) is 0.454. The third-order valence-electron chi connectivity index (χ3n) is 2.75. The number of hydrazine groups is 1. The van der Waals surface area contributed by atoms with Gasteiger partial charge in [-0.2, -0.15) is 0 Å². The summed E-state index contributed by atoms with van der Waals surface area (Å²) in [5, 5.41) is 4.39. The smallest absolute Gasteiger partial charge is 0.269 e. The predicted octanol–water partition coefficient (Wildman–Crippen LogP) is 2.41. The van der Waals surface area contributed by atoms with Crippen LogP contribution >= 0.6 is 23.6 Å². The van der Waals surface area contributed by atoms with Crippen LogP contribution < -0.4 is 16.2 Å². The molecule has 1 aromatic heterocycles. The molecule has 0 aliphatic heterocycles. The number of carbonyl (C=O) groups is 2. The number of carbonyl (C=O) groups excluding carboxylic acids is 2. The van der Waals surface area contributed by atoms with E-state index in [1.807, 2.05) is 30.5 Å². The zero-order valence-electron chi connectivity index (χ0n) is 12.3. The Morgan fingerprint density at radius 2 is 2.00 bits per heavy atom. The molecule has 0 saturated carbocycles. The van der Waals surface area contributed by atoms with Crippen LogP contribution in [0.5, 0.6) is 0 Å².